The van der Waals surface area contributed by atoms with Crippen LogP contribution in [0.1, 0.15) is 12.8 Å². The molecule has 0 bridgehead atoms. The number of carbonyl (C=O) groups is 1. The van der Waals surface area contributed by atoms with Crippen LogP contribution in [0.25, 0.3) is 0 Å². The molecule has 13 heavy (non-hydrogen) atoms. The fourth-order valence-electron chi connectivity index (χ4n) is 0.930. The van der Waals surface area contributed by atoms with Gasteiger partial charge >= 0.3 is 88.0 Å². The van der Waals surface area contributed by atoms with Crippen molar-refractivity contribution in [1.29, 1.82) is 0 Å². The normalized spacial score (nSPS) is 9.85. The van der Waals surface area contributed by atoms with Crippen molar-refractivity contribution in [1.82, 2.24) is 0 Å². The van der Waals surface area contributed by atoms with Crippen molar-refractivity contribution >= 4 is 30.5 Å². The molecule has 70 valence electrons. The molecule has 1 rings (SSSR count). The molecule has 1 N–H and O–H groups in total. The molecule has 0 unspecified atom stereocenters. The maximum atomic E-state index is 10.2. The first-order chi connectivity index (χ1) is 6.29. The van der Waals surface area contributed by atoms with Crippen molar-refractivity contribution in [3.63, 3.8) is 0 Å². The molecule has 1 aromatic carbocycles. The number of carboxylic acids is 1. The summed E-state index contributed by atoms with van der Waals surface area (Å²) in [6, 6.07) is 10.3. The second-order valence-corrected chi connectivity index (χ2v) is 5.99. The number of hydrogen-bond acceptors (Lipinski definition) is 1. The Hall–Kier alpha value is -0.520. The van der Waals surface area contributed by atoms with E-state index in [1.807, 2.05) is 18.2 Å². The van der Waals surface area contributed by atoms with E-state index in [4.69, 9.17) is 5.11 Å². The summed E-state index contributed by atoms with van der Waals surface area (Å²) in [7, 11) is 0. The van der Waals surface area contributed by atoms with Gasteiger partial charge in [0.15, 0.2) is 0 Å². The molecule has 0 aliphatic heterocycles. The van der Waals surface area contributed by atoms with Crippen LogP contribution < -0.4 is 3.61 Å². The zero-order chi connectivity index (χ0) is 9.52. The second kappa shape index (κ2) is 6.01. The Kier molecular flexibility index (Phi) is 4.88. The van der Waals surface area contributed by atoms with E-state index in [2.05, 4.69) is 12.1 Å². The summed E-state index contributed by atoms with van der Waals surface area (Å²) in [6.45, 7) is 0. The number of benzene rings is 1. The Balaban J connectivity index is 2.17. The van der Waals surface area contributed by atoms with E-state index in [0.29, 0.717) is 6.42 Å². The van der Waals surface area contributed by atoms with Gasteiger partial charge in [0.25, 0.3) is 0 Å². The number of rotatable bonds is 5. The van der Waals surface area contributed by atoms with Gasteiger partial charge in [0.1, 0.15) is 0 Å². The summed E-state index contributed by atoms with van der Waals surface area (Å²) in [5.74, 6) is -0.680. The summed E-state index contributed by atoms with van der Waals surface area (Å²) < 4.78 is 2.50. The zero-order valence-corrected chi connectivity index (χ0v) is 9.60. The standard InChI is InChI=1S/C10H12O2Te/c11-10(12)7-4-8-13-9-5-2-1-3-6-9/h1-3,5-6H,4,7-8H2,(H,11,12). The predicted molar refractivity (Wildman–Crippen MR) is 53.5 cm³/mol. The average molecular weight is 292 g/mol. The monoisotopic (exact) mass is 294 g/mol. The van der Waals surface area contributed by atoms with E-state index in [0.717, 1.165) is 10.9 Å². The topological polar surface area (TPSA) is 37.3 Å². The zero-order valence-electron chi connectivity index (χ0n) is 7.27. The quantitative estimate of drug-likeness (QED) is 0.656. The molecule has 0 saturated carbocycles. The fraction of sp³-hybridized carbons (Fsp3) is 0.300. The average Bonchev–Trinajstić information content (AvgIpc) is 2.14. The Morgan fingerprint density at radius 2 is 2.00 bits per heavy atom. The van der Waals surface area contributed by atoms with Gasteiger partial charge in [-0.15, -0.1) is 0 Å². The fourth-order valence-corrected chi connectivity index (χ4v) is 3.42. The van der Waals surface area contributed by atoms with Gasteiger partial charge in [-0.1, -0.05) is 0 Å². The van der Waals surface area contributed by atoms with Crippen LogP contribution in [0.2, 0.25) is 4.47 Å². The van der Waals surface area contributed by atoms with E-state index in [1.165, 1.54) is 3.61 Å². The molecule has 3 heteroatoms. The second-order valence-electron chi connectivity index (χ2n) is 2.66. The first kappa shape index (κ1) is 10.6. The van der Waals surface area contributed by atoms with Crippen molar-refractivity contribution in [3.05, 3.63) is 30.3 Å². The third-order valence-corrected chi connectivity index (χ3v) is 4.68. The van der Waals surface area contributed by atoms with Crippen molar-refractivity contribution < 1.29 is 9.90 Å². The first-order valence-electron chi connectivity index (χ1n) is 4.18. The predicted octanol–water partition coefficient (Wildman–Crippen LogP) is 1.30. The SMILES string of the molecule is O=C(O)CCC[Te]c1ccccc1. The molecule has 0 saturated heterocycles. The van der Waals surface area contributed by atoms with Crippen LogP contribution in [-0.2, 0) is 4.79 Å². The van der Waals surface area contributed by atoms with Crippen LogP contribution in [0.15, 0.2) is 30.3 Å². The Morgan fingerprint density at radius 1 is 1.31 bits per heavy atom. The van der Waals surface area contributed by atoms with Gasteiger partial charge in [0.05, 0.1) is 0 Å². The van der Waals surface area contributed by atoms with Crippen molar-refractivity contribution in [2.45, 2.75) is 17.3 Å². The van der Waals surface area contributed by atoms with Gasteiger partial charge in [-0.2, -0.15) is 0 Å². The van der Waals surface area contributed by atoms with Crippen LogP contribution in [0.5, 0.6) is 0 Å². The van der Waals surface area contributed by atoms with Crippen LogP contribution in [0.4, 0.5) is 0 Å². The van der Waals surface area contributed by atoms with E-state index < -0.39 is 5.97 Å². The first-order valence-corrected chi connectivity index (χ1v) is 7.00. The van der Waals surface area contributed by atoms with Gasteiger partial charge in [-0.3, -0.25) is 0 Å². The Morgan fingerprint density at radius 3 is 2.62 bits per heavy atom. The number of carboxylic acid groups (broad SMARTS) is 1. The molecule has 0 atom stereocenters. The summed E-state index contributed by atoms with van der Waals surface area (Å²) in [5, 5.41) is 8.43. The molecule has 0 heterocycles. The van der Waals surface area contributed by atoms with E-state index in [1.54, 1.807) is 0 Å². The van der Waals surface area contributed by atoms with Gasteiger partial charge in [-0.25, -0.2) is 0 Å². The van der Waals surface area contributed by atoms with Crippen LogP contribution in [-0.4, -0.2) is 32.0 Å². The molecule has 0 spiro atoms. The number of aliphatic carboxylic acids is 1. The van der Waals surface area contributed by atoms with E-state index in [9.17, 15) is 4.79 Å². The Labute approximate surface area is 88.0 Å². The third kappa shape index (κ3) is 4.92. The van der Waals surface area contributed by atoms with Crippen molar-refractivity contribution in [2.75, 3.05) is 0 Å². The molecule has 1 aromatic rings. The molecule has 0 radical (unpaired) electrons. The summed E-state index contributed by atoms with van der Waals surface area (Å²) in [5.41, 5.74) is 0. The molecular formula is C10H12O2Te. The summed E-state index contributed by atoms with van der Waals surface area (Å²) in [4.78, 5) is 10.2. The Bertz CT molecular complexity index is 259. The van der Waals surface area contributed by atoms with Gasteiger partial charge in [-0.05, 0) is 0 Å². The maximum absolute atomic E-state index is 10.2. The third-order valence-electron chi connectivity index (χ3n) is 1.55. The van der Waals surface area contributed by atoms with E-state index >= 15 is 0 Å². The van der Waals surface area contributed by atoms with Gasteiger partial charge < -0.3 is 0 Å². The number of hydrogen-bond donors (Lipinski definition) is 1. The van der Waals surface area contributed by atoms with Gasteiger partial charge in [0.2, 0.25) is 0 Å². The van der Waals surface area contributed by atoms with Crippen LogP contribution >= 0.6 is 0 Å². The van der Waals surface area contributed by atoms with Crippen LogP contribution in [0.3, 0.4) is 0 Å². The molecule has 0 amide bonds. The molecule has 2 nitrogen and oxygen atoms in total. The van der Waals surface area contributed by atoms with Gasteiger partial charge in [0, 0.05) is 0 Å². The molecule has 0 aromatic heterocycles. The van der Waals surface area contributed by atoms with Crippen molar-refractivity contribution in [2.24, 2.45) is 0 Å². The summed E-state index contributed by atoms with van der Waals surface area (Å²) in [6.07, 6.45) is 1.14. The van der Waals surface area contributed by atoms with Crippen molar-refractivity contribution in [3.8, 4) is 0 Å². The molecule has 0 aliphatic rings. The molecule has 0 fully saturated rings. The molecule has 0 aliphatic carbocycles. The summed E-state index contributed by atoms with van der Waals surface area (Å²) >= 11 is -0.141. The minimum atomic E-state index is -0.680. The molecular weight excluding hydrogens is 280 g/mol. The minimum absolute atomic E-state index is 0.141. The van der Waals surface area contributed by atoms with Crippen LogP contribution in [0, 0.1) is 0 Å². The van der Waals surface area contributed by atoms with E-state index in [-0.39, 0.29) is 20.9 Å².